The molecule has 7 nitrogen and oxygen atoms in total. The van der Waals surface area contributed by atoms with E-state index in [9.17, 15) is 10.4 Å². The van der Waals surface area contributed by atoms with Crippen molar-refractivity contribution in [2.75, 3.05) is 39.6 Å². The molecule has 0 saturated carbocycles. The standard InChI is InChI=1S/C18H21N4O3/c1-21(2)10-9-19-18-13-11-12(25-3)7-8-14(13)20-15-5-4-6-16(17(15)18)22(23)24/h4-8,11,19-20H,9-10H2,1-3H3/q-1. The number of benzene rings is 2. The fraction of sp³-hybridized carbons (Fsp3) is 0.278. The van der Waals surface area contributed by atoms with Gasteiger partial charge in [0.1, 0.15) is 5.75 Å². The van der Waals surface area contributed by atoms with Gasteiger partial charge < -0.3 is 30.4 Å². The number of ether oxygens (including phenoxy) is 1. The molecule has 1 heterocycles. The molecule has 1 aliphatic carbocycles. The first-order chi connectivity index (χ1) is 12.0. The van der Waals surface area contributed by atoms with Crippen molar-refractivity contribution in [1.82, 2.24) is 14.8 Å². The van der Waals surface area contributed by atoms with E-state index in [0.29, 0.717) is 17.9 Å². The van der Waals surface area contributed by atoms with Crippen LogP contribution in [0, 0.1) is 10.4 Å². The van der Waals surface area contributed by atoms with Crippen molar-refractivity contribution in [3.63, 3.8) is 0 Å². The molecule has 2 N–H and O–H groups in total. The van der Waals surface area contributed by atoms with Gasteiger partial charge in [-0.05, 0) is 38.4 Å². The molecule has 0 radical (unpaired) electrons. The number of nitrogens with zero attached hydrogens (tertiary/aromatic N) is 2. The Morgan fingerprint density at radius 3 is 2.68 bits per heavy atom. The highest BCUT2D eigenvalue weighted by molar-refractivity contribution is 6.01. The largest absolute Gasteiger partial charge is 0.612 e. The predicted molar refractivity (Wildman–Crippen MR) is 101 cm³/mol. The van der Waals surface area contributed by atoms with Crippen LogP contribution in [0.3, 0.4) is 0 Å². The minimum absolute atomic E-state index is 0.0748. The normalized spacial score (nSPS) is 11.2. The van der Waals surface area contributed by atoms with E-state index in [1.165, 1.54) is 6.07 Å². The smallest absolute Gasteiger partial charge is 0.234 e. The molecule has 1 aromatic carbocycles. The van der Waals surface area contributed by atoms with Crippen LogP contribution in [0.4, 0.5) is 5.69 Å². The van der Waals surface area contributed by atoms with Crippen LogP contribution in [0.15, 0.2) is 36.4 Å². The van der Waals surface area contributed by atoms with E-state index in [1.54, 1.807) is 13.2 Å². The Kier molecular flexibility index (Phi) is 4.67. The van der Waals surface area contributed by atoms with Crippen molar-refractivity contribution in [2.45, 2.75) is 0 Å². The highest BCUT2D eigenvalue weighted by Crippen LogP contribution is 2.34. The molecule has 0 aromatic heterocycles. The zero-order valence-corrected chi connectivity index (χ0v) is 14.5. The maximum atomic E-state index is 11.5. The summed E-state index contributed by atoms with van der Waals surface area (Å²) in [5, 5.41) is 27.4. The molecule has 7 heteroatoms. The number of aromatic nitrogens is 1. The third kappa shape index (κ3) is 3.32. The third-order valence-electron chi connectivity index (χ3n) is 4.12. The molecular weight excluding hydrogens is 320 g/mol. The fourth-order valence-electron chi connectivity index (χ4n) is 2.89. The Labute approximate surface area is 145 Å². The first kappa shape index (κ1) is 16.9. The molecule has 0 amide bonds. The van der Waals surface area contributed by atoms with Crippen molar-refractivity contribution in [3.8, 4) is 17.0 Å². The number of H-pyrrole nitrogens is 1. The van der Waals surface area contributed by atoms with E-state index >= 15 is 0 Å². The summed E-state index contributed by atoms with van der Waals surface area (Å²) < 4.78 is 5.33. The number of hydrogen-bond acceptors (Lipinski definition) is 5. The average molecular weight is 341 g/mol. The molecule has 0 saturated heterocycles. The molecule has 0 bridgehead atoms. The second-order valence-electron chi connectivity index (χ2n) is 6.10. The quantitative estimate of drug-likeness (QED) is 0.547. The van der Waals surface area contributed by atoms with Crippen molar-refractivity contribution >= 4 is 16.6 Å². The minimum Gasteiger partial charge on any atom is -0.612 e. The van der Waals surface area contributed by atoms with Crippen LogP contribution in [0.1, 0.15) is 0 Å². The number of hydrogen-bond donors (Lipinski definition) is 2. The molecule has 0 spiro atoms. The van der Waals surface area contributed by atoms with Gasteiger partial charge in [-0.3, -0.25) is 0 Å². The summed E-state index contributed by atoms with van der Waals surface area (Å²) in [5.41, 5.74) is 2.93. The van der Waals surface area contributed by atoms with Gasteiger partial charge in [0.25, 0.3) is 0 Å². The molecule has 25 heavy (non-hydrogen) atoms. The Balaban J connectivity index is 2.31. The molecule has 1 aliphatic heterocycles. The van der Waals surface area contributed by atoms with Crippen LogP contribution < -0.4 is 20.3 Å². The van der Waals surface area contributed by atoms with Gasteiger partial charge in [0.05, 0.1) is 24.1 Å². The first-order valence-corrected chi connectivity index (χ1v) is 8.00. The summed E-state index contributed by atoms with van der Waals surface area (Å²) in [7, 11) is 5.58. The summed E-state index contributed by atoms with van der Waals surface area (Å²) in [5.74, 6) is 0.703. The molecule has 1 aromatic rings. The molecule has 3 rings (SSSR count). The van der Waals surface area contributed by atoms with Crippen molar-refractivity contribution in [1.29, 1.82) is 0 Å². The van der Waals surface area contributed by atoms with Gasteiger partial charge in [-0.1, -0.05) is 6.07 Å². The van der Waals surface area contributed by atoms with Gasteiger partial charge in [-0.15, -0.1) is 0 Å². The highest BCUT2D eigenvalue weighted by Gasteiger charge is 2.18. The number of rotatable bonds is 5. The van der Waals surface area contributed by atoms with Gasteiger partial charge in [0.2, 0.25) is 5.36 Å². The highest BCUT2D eigenvalue weighted by atomic mass is 16.8. The summed E-state index contributed by atoms with van der Waals surface area (Å²) >= 11 is 0. The summed E-state index contributed by atoms with van der Waals surface area (Å²) in [6.07, 6.45) is 0. The van der Waals surface area contributed by atoms with E-state index in [1.807, 2.05) is 38.4 Å². The van der Waals surface area contributed by atoms with Crippen LogP contribution in [-0.4, -0.2) is 44.2 Å². The molecule has 0 atom stereocenters. The van der Waals surface area contributed by atoms with Crippen LogP contribution in [-0.2, 0) is 0 Å². The van der Waals surface area contributed by atoms with E-state index in [-0.39, 0.29) is 10.3 Å². The van der Waals surface area contributed by atoms with Gasteiger partial charge in [-0.25, -0.2) is 0 Å². The summed E-state index contributed by atoms with van der Waals surface area (Å²) in [4.78, 5) is 4.99. The Morgan fingerprint density at radius 1 is 1.20 bits per heavy atom. The number of methoxy groups -OCH3 is 1. The Bertz CT molecular complexity index is 929. The number of pyridine rings is 1. The lowest BCUT2D eigenvalue weighted by molar-refractivity contribution is 0.415. The van der Waals surface area contributed by atoms with Crippen LogP contribution >= 0.6 is 0 Å². The molecule has 0 fully saturated rings. The summed E-state index contributed by atoms with van der Waals surface area (Å²) in [6, 6.07) is 10.7. The Morgan fingerprint density at radius 2 is 2.00 bits per heavy atom. The maximum absolute atomic E-state index is 11.5. The van der Waals surface area contributed by atoms with Crippen LogP contribution in [0.25, 0.3) is 22.2 Å². The Hall–Kier alpha value is -2.93. The lowest BCUT2D eigenvalue weighted by Gasteiger charge is -2.19. The van der Waals surface area contributed by atoms with Crippen molar-refractivity contribution < 1.29 is 4.74 Å². The van der Waals surface area contributed by atoms with E-state index < -0.39 is 0 Å². The maximum Gasteiger partial charge on any atom is 0.234 e. The summed E-state index contributed by atoms with van der Waals surface area (Å²) in [6.45, 7) is 1.48. The van der Waals surface area contributed by atoms with Crippen molar-refractivity contribution in [3.05, 3.63) is 52.2 Å². The zero-order chi connectivity index (χ0) is 18.0. The van der Waals surface area contributed by atoms with Crippen molar-refractivity contribution in [2.24, 2.45) is 0 Å². The van der Waals surface area contributed by atoms with Crippen LogP contribution in [0.2, 0.25) is 0 Å². The SMILES string of the molecule is COc1ccc2[nH]c3cccc(=[N+]([O-])[O-])c-3c(NCCN(C)C)c2c1. The van der Waals surface area contributed by atoms with Gasteiger partial charge >= 0.3 is 0 Å². The lowest BCUT2D eigenvalue weighted by Crippen LogP contribution is -2.25. The minimum atomic E-state index is -0.348. The third-order valence-corrected chi connectivity index (χ3v) is 4.12. The fourth-order valence-corrected chi connectivity index (χ4v) is 2.89. The second-order valence-corrected chi connectivity index (χ2v) is 6.10. The molecule has 132 valence electrons. The van der Waals surface area contributed by atoms with Gasteiger partial charge in [0, 0.05) is 30.1 Å². The van der Waals surface area contributed by atoms with E-state index in [4.69, 9.17) is 4.74 Å². The molecular formula is C18H21N4O3-. The van der Waals surface area contributed by atoms with Gasteiger partial charge in [0.15, 0.2) is 0 Å². The van der Waals surface area contributed by atoms with E-state index in [0.717, 1.165) is 28.8 Å². The number of likely N-dealkylation sites (N-methyl/N-ethyl adjacent to an activating group) is 1. The number of anilines is 1. The number of fused-ring (bicyclic) bond motifs is 2. The monoisotopic (exact) mass is 341 g/mol. The van der Waals surface area contributed by atoms with E-state index in [2.05, 4.69) is 15.2 Å². The molecule has 0 unspecified atom stereocenters. The van der Waals surface area contributed by atoms with Crippen LogP contribution in [0.5, 0.6) is 5.75 Å². The number of nitrogens with one attached hydrogen (secondary N) is 2. The van der Waals surface area contributed by atoms with Gasteiger partial charge in [-0.2, -0.15) is 4.90 Å². The first-order valence-electron chi connectivity index (χ1n) is 8.00. The molecule has 2 aliphatic rings. The average Bonchev–Trinajstić information content (AvgIpc) is 2.59. The number of aromatic amines is 1. The topological polar surface area (TPSA) is 89.4 Å². The lowest BCUT2D eigenvalue weighted by atomic mass is 10.0. The zero-order valence-electron chi connectivity index (χ0n) is 14.5. The second kappa shape index (κ2) is 6.90. The predicted octanol–water partition coefficient (Wildman–Crippen LogP) is 2.02.